The van der Waals surface area contributed by atoms with Crippen LogP contribution in [0, 0.1) is 6.92 Å². The van der Waals surface area contributed by atoms with E-state index in [1.807, 2.05) is 32.2 Å². The molecule has 1 atom stereocenters. The number of hydrogen-bond acceptors (Lipinski definition) is 2. The standard InChI is InChI=1S/C10H14ClNO/c1-7-8(10(6-13)12-2)4-3-5-9(7)11/h3-5,10,12-13H,6H2,1-2H3/t10-/m0/s1. The minimum atomic E-state index is -0.0290. The van der Waals surface area contributed by atoms with Gasteiger partial charge in [-0.2, -0.15) is 0 Å². The minimum Gasteiger partial charge on any atom is -0.394 e. The second-order valence-electron chi connectivity index (χ2n) is 2.98. The maximum absolute atomic E-state index is 9.09. The van der Waals surface area contributed by atoms with E-state index in [0.29, 0.717) is 0 Å². The average Bonchev–Trinajstić information content (AvgIpc) is 2.14. The van der Waals surface area contributed by atoms with Crippen LogP contribution >= 0.6 is 11.6 Å². The second kappa shape index (κ2) is 4.61. The van der Waals surface area contributed by atoms with E-state index >= 15 is 0 Å². The fourth-order valence-corrected chi connectivity index (χ4v) is 1.53. The van der Waals surface area contributed by atoms with Gasteiger partial charge < -0.3 is 10.4 Å². The number of benzene rings is 1. The molecule has 0 aromatic heterocycles. The Balaban J connectivity index is 3.05. The van der Waals surface area contributed by atoms with Gasteiger partial charge in [-0.1, -0.05) is 23.7 Å². The monoisotopic (exact) mass is 199 g/mol. The SMILES string of the molecule is CN[C@@H](CO)c1cccc(Cl)c1C. The molecule has 0 aliphatic heterocycles. The molecule has 0 fully saturated rings. The van der Waals surface area contributed by atoms with Crippen molar-refractivity contribution in [2.75, 3.05) is 13.7 Å². The molecule has 0 amide bonds. The molecule has 13 heavy (non-hydrogen) atoms. The van der Waals surface area contributed by atoms with E-state index in [0.717, 1.165) is 16.1 Å². The number of aliphatic hydroxyl groups is 1. The fraction of sp³-hybridized carbons (Fsp3) is 0.400. The van der Waals surface area contributed by atoms with Crippen molar-refractivity contribution in [3.63, 3.8) is 0 Å². The van der Waals surface area contributed by atoms with Gasteiger partial charge in [-0.3, -0.25) is 0 Å². The highest BCUT2D eigenvalue weighted by Crippen LogP contribution is 2.23. The lowest BCUT2D eigenvalue weighted by Crippen LogP contribution is -2.20. The third-order valence-electron chi connectivity index (χ3n) is 2.22. The zero-order chi connectivity index (χ0) is 9.84. The topological polar surface area (TPSA) is 32.3 Å². The number of likely N-dealkylation sites (N-methyl/N-ethyl adjacent to an activating group) is 1. The van der Waals surface area contributed by atoms with Gasteiger partial charge in [0.05, 0.1) is 12.6 Å². The Bertz CT molecular complexity index is 284. The van der Waals surface area contributed by atoms with Crippen LogP contribution in [0.3, 0.4) is 0 Å². The van der Waals surface area contributed by atoms with Crippen LogP contribution in [0.5, 0.6) is 0 Å². The molecule has 2 N–H and O–H groups in total. The predicted octanol–water partition coefficient (Wildman–Crippen LogP) is 1.90. The lowest BCUT2D eigenvalue weighted by molar-refractivity contribution is 0.250. The summed E-state index contributed by atoms with van der Waals surface area (Å²) in [7, 11) is 1.82. The van der Waals surface area contributed by atoms with Gasteiger partial charge in [0.1, 0.15) is 0 Å². The highest BCUT2D eigenvalue weighted by atomic mass is 35.5. The van der Waals surface area contributed by atoms with Crippen LogP contribution in [0.1, 0.15) is 17.2 Å². The number of aliphatic hydroxyl groups excluding tert-OH is 1. The van der Waals surface area contributed by atoms with E-state index in [1.54, 1.807) is 0 Å². The molecular formula is C10H14ClNO. The summed E-state index contributed by atoms with van der Waals surface area (Å²) in [4.78, 5) is 0. The summed E-state index contributed by atoms with van der Waals surface area (Å²) in [6.45, 7) is 2.04. The molecule has 0 radical (unpaired) electrons. The Hall–Kier alpha value is -0.570. The van der Waals surface area contributed by atoms with Gasteiger partial charge in [-0.15, -0.1) is 0 Å². The van der Waals surface area contributed by atoms with Gasteiger partial charge in [0, 0.05) is 5.02 Å². The van der Waals surface area contributed by atoms with Crippen molar-refractivity contribution in [2.24, 2.45) is 0 Å². The van der Waals surface area contributed by atoms with E-state index in [2.05, 4.69) is 5.32 Å². The Labute approximate surface area is 83.5 Å². The Morgan fingerprint density at radius 1 is 1.54 bits per heavy atom. The van der Waals surface area contributed by atoms with E-state index in [1.165, 1.54) is 0 Å². The Morgan fingerprint density at radius 3 is 2.77 bits per heavy atom. The summed E-state index contributed by atoms with van der Waals surface area (Å²) in [5.74, 6) is 0. The van der Waals surface area contributed by atoms with E-state index < -0.39 is 0 Å². The summed E-state index contributed by atoms with van der Waals surface area (Å²) in [5.41, 5.74) is 2.08. The van der Waals surface area contributed by atoms with Crippen LogP contribution in [0.15, 0.2) is 18.2 Å². The summed E-state index contributed by atoms with van der Waals surface area (Å²) in [6.07, 6.45) is 0. The predicted molar refractivity (Wildman–Crippen MR) is 55.1 cm³/mol. The van der Waals surface area contributed by atoms with Crippen molar-refractivity contribution in [1.29, 1.82) is 0 Å². The van der Waals surface area contributed by atoms with E-state index in [4.69, 9.17) is 16.7 Å². The first-order valence-corrected chi connectivity index (χ1v) is 4.61. The molecule has 0 saturated carbocycles. The number of halogens is 1. The normalized spacial score (nSPS) is 12.9. The molecule has 0 bridgehead atoms. The minimum absolute atomic E-state index is 0.0290. The van der Waals surface area contributed by atoms with Gasteiger partial charge >= 0.3 is 0 Å². The maximum Gasteiger partial charge on any atom is 0.0626 e. The zero-order valence-electron chi connectivity index (χ0n) is 7.84. The van der Waals surface area contributed by atoms with E-state index in [9.17, 15) is 0 Å². The van der Waals surface area contributed by atoms with Crippen molar-refractivity contribution in [3.8, 4) is 0 Å². The average molecular weight is 200 g/mol. The van der Waals surface area contributed by atoms with Crippen molar-refractivity contribution in [1.82, 2.24) is 5.32 Å². The van der Waals surface area contributed by atoms with Crippen molar-refractivity contribution < 1.29 is 5.11 Å². The van der Waals surface area contributed by atoms with Gasteiger partial charge in [0.15, 0.2) is 0 Å². The third kappa shape index (κ3) is 2.21. The third-order valence-corrected chi connectivity index (χ3v) is 2.63. The number of nitrogens with one attached hydrogen (secondary N) is 1. The molecule has 2 nitrogen and oxygen atoms in total. The van der Waals surface area contributed by atoms with Gasteiger partial charge in [-0.25, -0.2) is 0 Å². The molecule has 0 aliphatic rings. The first-order valence-electron chi connectivity index (χ1n) is 4.23. The summed E-state index contributed by atoms with van der Waals surface area (Å²) in [5, 5.41) is 12.9. The number of hydrogen-bond donors (Lipinski definition) is 2. The van der Waals surface area contributed by atoms with Gasteiger partial charge in [-0.05, 0) is 31.2 Å². The summed E-state index contributed by atoms with van der Waals surface area (Å²) in [6, 6.07) is 5.69. The first kappa shape index (κ1) is 10.5. The number of rotatable bonds is 3. The molecule has 0 spiro atoms. The molecule has 0 aliphatic carbocycles. The lowest BCUT2D eigenvalue weighted by atomic mass is 10.0. The largest absolute Gasteiger partial charge is 0.394 e. The van der Waals surface area contributed by atoms with Crippen molar-refractivity contribution in [2.45, 2.75) is 13.0 Å². The molecule has 1 rings (SSSR count). The molecule has 0 saturated heterocycles. The summed E-state index contributed by atoms with van der Waals surface area (Å²) >= 11 is 5.96. The zero-order valence-corrected chi connectivity index (χ0v) is 8.60. The van der Waals surface area contributed by atoms with Crippen molar-refractivity contribution in [3.05, 3.63) is 34.3 Å². The molecule has 72 valence electrons. The fourth-order valence-electron chi connectivity index (χ4n) is 1.35. The van der Waals surface area contributed by atoms with Gasteiger partial charge in [0.2, 0.25) is 0 Å². The molecular weight excluding hydrogens is 186 g/mol. The second-order valence-corrected chi connectivity index (χ2v) is 3.39. The van der Waals surface area contributed by atoms with Crippen LogP contribution in [0.4, 0.5) is 0 Å². The molecule has 1 aromatic carbocycles. The highest BCUT2D eigenvalue weighted by molar-refractivity contribution is 6.31. The summed E-state index contributed by atoms with van der Waals surface area (Å²) < 4.78 is 0. The van der Waals surface area contributed by atoms with Crippen LogP contribution in [-0.4, -0.2) is 18.8 Å². The van der Waals surface area contributed by atoms with Crippen LogP contribution in [-0.2, 0) is 0 Å². The van der Waals surface area contributed by atoms with E-state index in [-0.39, 0.29) is 12.6 Å². The maximum atomic E-state index is 9.09. The van der Waals surface area contributed by atoms with Gasteiger partial charge in [0.25, 0.3) is 0 Å². The smallest absolute Gasteiger partial charge is 0.0626 e. The first-order chi connectivity index (χ1) is 6.20. The Morgan fingerprint density at radius 2 is 2.23 bits per heavy atom. The Kier molecular flexibility index (Phi) is 3.72. The van der Waals surface area contributed by atoms with Crippen molar-refractivity contribution >= 4 is 11.6 Å². The van der Waals surface area contributed by atoms with Crippen LogP contribution in [0.2, 0.25) is 5.02 Å². The molecule has 1 aromatic rings. The van der Waals surface area contributed by atoms with Crippen LogP contribution in [0.25, 0.3) is 0 Å². The lowest BCUT2D eigenvalue weighted by Gasteiger charge is -2.16. The van der Waals surface area contributed by atoms with Crippen LogP contribution < -0.4 is 5.32 Å². The molecule has 3 heteroatoms. The highest BCUT2D eigenvalue weighted by Gasteiger charge is 2.11. The molecule has 0 heterocycles. The quantitative estimate of drug-likeness (QED) is 0.780. The molecule has 0 unspecified atom stereocenters.